The molecule has 1 fully saturated rings. The maximum Gasteiger partial charge on any atom is 0.238 e. The number of benzene rings is 2. The van der Waals surface area contributed by atoms with Gasteiger partial charge in [-0.1, -0.05) is 20.8 Å². The van der Waals surface area contributed by atoms with Crippen molar-refractivity contribution < 1.29 is 26.0 Å². The number of nitrogens with one attached hydrogen (secondary N) is 2. The molecule has 3 rings (SSSR count). The van der Waals surface area contributed by atoms with Gasteiger partial charge in [-0.2, -0.15) is 0 Å². The zero-order valence-electron chi connectivity index (χ0n) is 19.9. The molecule has 0 saturated heterocycles. The van der Waals surface area contributed by atoms with Crippen molar-refractivity contribution in [2.24, 2.45) is 0 Å². The van der Waals surface area contributed by atoms with Crippen molar-refractivity contribution in [2.45, 2.75) is 62.9 Å². The average Bonchev–Trinajstić information content (AvgIpc) is 3.50. The Hall–Kier alpha value is -1.31. The normalized spacial score (nSPS) is 15.8. The molecule has 188 valence electrons. The third kappa shape index (κ3) is 5.73. The van der Waals surface area contributed by atoms with Crippen LogP contribution in [0.1, 0.15) is 40.0 Å². The Morgan fingerprint density at radius 1 is 1.06 bits per heavy atom. The summed E-state index contributed by atoms with van der Waals surface area (Å²) in [6, 6.07) is 6.16. The molecule has 2 aromatic carbocycles. The van der Waals surface area contributed by atoms with Gasteiger partial charge in [0.1, 0.15) is 11.5 Å². The molecule has 0 amide bonds. The highest BCUT2D eigenvalue weighted by atomic mass is 127. The fourth-order valence-electron chi connectivity index (χ4n) is 3.24. The lowest BCUT2D eigenvalue weighted by molar-refractivity contribution is 0.277. The molecular formula is C23H30F3IN2O3SSi. The third-order valence-electron chi connectivity index (χ3n) is 6.73. The number of hydrogen-bond acceptors (Lipinski definition) is 4. The second-order valence-corrected chi connectivity index (χ2v) is 18.3. The molecule has 1 saturated carbocycles. The molecule has 2 N–H and O–H groups in total. The van der Waals surface area contributed by atoms with E-state index in [0.29, 0.717) is 29.4 Å². The summed E-state index contributed by atoms with van der Waals surface area (Å²) in [6.07, 6.45) is 1.19. The van der Waals surface area contributed by atoms with Gasteiger partial charge in [0.05, 0.1) is 16.1 Å². The van der Waals surface area contributed by atoms with Crippen molar-refractivity contribution in [3.05, 3.63) is 51.4 Å². The van der Waals surface area contributed by atoms with Gasteiger partial charge in [-0.25, -0.2) is 21.6 Å². The van der Waals surface area contributed by atoms with E-state index in [1.54, 1.807) is 6.07 Å². The highest BCUT2D eigenvalue weighted by Crippen LogP contribution is 2.48. The van der Waals surface area contributed by atoms with E-state index in [-0.39, 0.29) is 16.4 Å². The van der Waals surface area contributed by atoms with Crippen LogP contribution in [0.2, 0.25) is 18.1 Å². The molecule has 0 bridgehead atoms. The maximum absolute atomic E-state index is 14.7. The van der Waals surface area contributed by atoms with E-state index in [9.17, 15) is 21.6 Å². The largest absolute Gasteiger partial charge is 0.417 e. The molecule has 11 heteroatoms. The molecule has 2 aromatic rings. The second kappa shape index (κ2) is 9.62. The lowest BCUT2D eigenvalue weighted by Crippen LogP contribution is -2.42. The van der Waals surface area contributed by atoms with E-state index in [2.05, 4.69) is 43.9 Å². The number of anilines is 3. The summed E-state index contributed by atoms with van der Waals surface area (Å²) in [7, 11) is -5.99. The van der Waals surface area contributed by atoms with Crippen molar-refractivity contribution in [3.8, 4) is 0 Å². The van der Waals surface area contributed by atoms with E-state index in [1.807, 2.05) is 22.6 Å². The van der Waals surface area contributed by atoms with Crippen molar-refractivity contribution in [2.75, 3.05) is 16.6 Å². The minimum Gasteiger partial charge on any atom is -0.417 e. The molecule has 1 aliphatic rings. The third-order valence-corrected chi connectivity index (χ3v) is 14.2. The van der Waals surface area contributed by atoms with Gasteiger partial charge in [-0.15, -0.1) is 0 Å². The van der Waals surface area contributed by atoms with E-state index in [1.165, 1.54) is 12.1 Å². The molecule has 0 atom stereocenters. The van der Waals surface area contributed by atoms with E-state index in [4.69, 9.17) is 4.43 Å². The van der Waals surface area contributed by atoms with Gasteiger partial charge >= 0.3 is 0 Å². The molecule has 0 aliphatic heterocycles. The molecule has 0 aromatic heterocycles. The van der Waals surface area contributed by atoms with Crippen LogP contribution in [-0.4, -0.2) is 28.1 Å². The number of rotatable bonds is 9. The minimum absolute atomic E-state index is 0.00215. The summed E-state index contributed by atoms with van der Waals surface area (Å²) in [5.74, 6) is -3.16. The Balaban J connectivity index is 1.82. The fourth-order valence-corrected chi connectivity index (χ4v) is 6.40. The van der Waals surface area contributed by atoms with Crippen LogP contribution in [0, 0.1) is 21.0 Å². The van der Waals surface area contributed by atoms with Crippen molar-refractivity contribution >= 4 is 58.0 Å². The molecule has 0 heterocycles. The molecule has 1 aliphatic carbocycles. The van der Waals surface area contributed by atoms with Crippen molar-refractivity contribution in [3.63, 3.8) is 0 Å². The predicted octanol–water partition coefficient (Wildman–Crippen LogP) is 7.14. The lowest BCUT2D eigenvalue weighted by Gasteiger charge is -2.36. The van der Waals surface area contributed by atoms with Crippen molar-refractivity contribution in [1.29, 1.82) is 0 Å². The highest BCUT2D eigenvalue weighted by molar-refractivity contribution is 14.1. The van der Waals surface area contributed by atoms with Crippen LogP contribution in [0.15, 0.2) is 30.3 Å². The first kappa shape index (κ1) is 27.3. The summed E-state index contributed by atoms with van der Waals surface area (Å²) >= 11 is 1.92. The summed E-state index contributed by atoms with van der Waals surface area (Å²) in [5.41, 5.74) is -0.764. The van der Waals surface area contributed by atoms with Gasteiger partial charge in [-0.3, -0.25) is 4.72 Å². The Kier molecular flexibility index (Phi) is 7.72. The Morgan fingerprint density at radius 3 is 2.24 bits per heavy atom. The van der Waals surface area contributed by atoms with Crippen LogP contribution in [0.5, 0.6) is 0 Å². The molecular weight excluding hydrogens is 596 g/mol. The van der Waals surface area contributed by atoms with Crippen LogP contribution in [0.25, 0.3) is 0 Å². The topological polar surface area (TPSA) is 67.4 Å². The van der Waals surface area contributed by atoms with Crippen LogP contribution < -0.4 is 10.0 Å². The Bertz CT molecular complexity index is 1180. The summed E-state index contributed by atoms with van der Waals surface area (Å²) < 4.78 is 77.7. The van der Waals surface area contributed by atoms with Gasteiger partial charge in [-0.05, 0) is 90.3 Å². The van der Waals surface area contributed by atoms with Crippen molar-refractivity contribution in [1.82, 2.24) is 0 Å². The summed E-state index contributed by atoms with van der Waals surface area (Å²) in [6.45, 7) is 10.8. The van der Waals surface area contributed by atoms with Gasteiger partial charge < -0.3 is 9.74 Å². The quantitative estimate of drug-likeness (QED) is 0.230. The first-order chi connectivity index (χ1) is 15.6. The zero-order valence-corrected chi connectivity index (χ0v) is 23.8. The SMILES string of the molecule is CC(C)(C)[Si](C)(C)OCCC1(S(=O)(=O)Nc2ccc(F)c(F)c2Nc2ccc(I)cc2F)CC1. The maximum atomic E-state index is 14.7. The standard InChI is InChI=1S/C23H30F3IN2O3SSi/c1-22(2,3)34(4,5)32-13-12-23(10-11-23)33(30,31)29-19-9-7-16(24)20(26)21(19)28-18-8-6-15(27)14-17(18)25/h6-9,14,28-29H,10-13H2,1-5H3. The summed E-state index contributed by atoms with van der Waals surface area (Å²) in [5, 5.41) is 2.51. The monoisotopic (exact) mass is 626 g/mol. The first-order valence-corrected chi connectivity index (χ1v) is 16.4. The van der Waals surface area contributed by atoms with Crippen LogP contribution in [0.4, 0.5) is 30.2 Å². The first-order valence-electron chi connectivity index (χ1n) is 10.9. The summed E-state index contributed by atoms with van der Waals surface area (Å²) in [4.78, 5) is 0. The Morgan fingerprint density at radius 2 is 1.68 bits per heavy atom. The van der Waals surface area contributed by atoms with Crippen LogP contribution in [-0.2, 0) is 14.4 Å². The number of hydrogen-bond donors (Lipinski definition) is 2. The Labute approximate surface area is 214 Å². The molecule has 0 unspecified atom stereocenters. The van der Waals surface area contributed by atoms with E-state index in [0.717, 1.165) is 12.1 Å². The van der Waals surface area contributed by atoms with E-state index < -0.39 is 46.2 Å². The smallest absolute Gasteiger partial charge is 0.238 e. The lowest BCUT2D eigenvalue weighted by atomic mass is 10.2. The van der Waals surface area contributed by atoms with Gasteiger partial charge in [0.2, 0.25) is 10.0 Å². The van der Waals surface area contributed by atoms with Gasteiger partial charge in [0.15, 0.2) is 20.0 Å². The molecule has 0 spiro atoms. The van der Waals surface area contributed by atoms with Gasteiger partial charge in [0.25, 0.3) is 0 Å². The molecule has 34 heavy (non-hydrogen) atoms. The minimum atomic E-state index is -3.95. The predicted molar refractivity (Wildman–Crippen MR) is 141 cm³/mol. The molecule has 0 radical (unpaired) electrons. The second-order valence-electron chi connectivity index (χ2n) is 10.2. The zero-order chi connectivity index (χ0) is 25.5. The average molecular weight is 627 g/mol. The molecule has 5 nitrogen and oxygen atoms in total. The van der Waals surface area contributed by atoms with Gasteiger partial charge in [0, 0.05) is 10.2 Å². The number of sulfonamides is 1. The fraction of sp³-hybridized carbons (Fsp3) is 0.478. The highest BCUT2D eigenvalue weighted by Gasteiger charge is 2.54. The number of halogens is 4. The van der Waals surface area contributed by atoms with E-state index >= 15 is 0 Å². The van der Waals surface area contributed by atoms with Crippen LogP contribution >= 0.6 is 22.6 Å². The van der Waals surface area contributed by atoms with Crippen LogP contribution in [0.3, 0.4) is 0 Å².